The van der Waals surface area contributed by atoms with E-state index < -0.39 is 17.6 Å². The van der Waals surface area contributed by atoms with Crippen LogP contribution in [0.5, 0.6) is 5.75 Å². The molecular formula is C33H40Cl2N8O4. The zero-order chi connectivity index (χ0) is 33.9. The number of likely N-dealkylation sites (tertiary alicyclic amines) is 1. The summed E-state index contributed by atoms with van der Waals surface area (Å²) < 4.78 is 10.9. The zero-order valence-corrected chi connectivity index (χ0v) is 28.7. The van der Waals surface area contributed by atoms with Gasteiger partial charge in [-0.3, -0.25) is 14.6 Å². The van der Waals surface area contributed by atoms with Gasteiger partial charge in [-0.1, -0.05) is 35.3 Å². The third-order valence-electron chi connectivity index (χ3n) is 8.00. The molecule has 0 saturated carbocycles. The average molecular weight is 684 g/mol. The molecule has 3 N–H and O–H groups in total. The van der Waals surface area contributed by atoms with Crippen molar-refractivity contribution < 1.29 is 19.1 Å². The van der Waals surface area contributed by atoms with Gasteiger partial charge in [0.2, 0.25) is 0 Å². The Morgan fingerprint density at radius 2 is 1.81 bits per heavy atom. The normalized spacial score (nSPS) is 16.3. The minimum Gasteiger partial charge on any atom is -0.497 e. The summed E-state index contributed by atoms with van der Waals surface area (Å²) in [7, 11) is 1.65. The molecule has 2 aromatic carbocycles. The Labute approximate surface area is 284 Å². The number of nitrogens with two attached hydrogens (primary N) is 1. The van der Waals surface area contributed by atoms with E-state index in [1.807, 2.05) is 24.0 Å². The lowest BCUT2D eigenvalue weighted by Crippen LogP contribution is -2.47. The molecule has 2 aliphatic rings. The van der Waals surface area contributed by atoms with Crippen LogP contribution in [0.15, 0.2) is 53.6 Å². The summed E-state index contributed by atoms with van der Waals surface area (Å²) in [6, 6.07) is 14.6. The van der Waals surface area contributed by atoms with Gasteiger partial charge in [0, 0.05) is 49.2 Å². The first kappa shape index (κ1) is 34.2. The standard InChI is InChI=1S/C33H40Cl2N8O4/c1-20(25-15-23(34)8-11-26(25)35)42-12-13-43(32(45)47-33(2,3)4)30-28(42)16-27(37-39-30)31(44)40-38-29(36)14-22-18-41(19-22)17-21-6-9-24(46-5)10-7-21/h6-11,15-16,20,22H,12-14,17-19H2,1-5H3,(H2,36,38)(H,40,44). The second kappa shape index (κ2) is 14.3. The average Bonchev–Trinajstić information content (AvgIpc) is 3.02. The van der Waals surface area contributed by atoms with E-state index in [4.69, 9.17) is 38.4 Å². The number of amidine groups is 1. The van der Waals surface area contributed by atoms with Gasteiger partial charge >= 0.3 is 6.09 Å². The number of methoxy groups -OCH3 is 1. The monoisotopic (exact) mass is 682 g/mol. The molecule has 0 bridgehead atoms. The second-order valence-corrected chi connectivity index (χ2v) is 13.6. The van der Waals surface area contributed by atoms with Gasteiger partial charge in [0.1, 0.15) is 17.2 Å². The molecule has 3 aromatic rings. The topological polar surface area (TPSA) is 139 Å². The number of halogens is 2. The van der Waals surface area contributed by atoms with Crippen LogP contribution in [0.4, 0.5) is 16.3 Å². The summed E-state index contributed by atoms with van der Waals surface area (Å²) >= 11 is 12.8. The Morgan fingerprint density at radius 1 is 1.09 bits per heavy atom. The van der Waals surface area contributed by atoms with E-state index in [0.29, 0.717) is 40.5 Å². The SMILES string of the molecule is COc1ccc(CN2CC(CC(N)=NNC(=O)c3cc4c(nn3)N(C(=O)OC(C)(C)C)CCN4C(C)c3cc(Cl)ccc3Cl)C2)cc1. The quantitative estimate of drug-likeness (QED) is 0.167. The van der Waals surface area contributed by atoms with Gasteiger partial charge in [-0.15, -0.1) is 10.2 Å². The third kappa shape index (κ3) is 8.43. The molecule has 47 heavy (non-hydrogen) atoms. The molecule has 0 radical (unpaired) electrons. The number of amides is 2. The highest BCUT2D eigenvalue weighted by atomic mass is 35.5. The molecule has 12 nitrogen and oxygen atoms in total. The molecule has 14 heteroatoms. The number of hydrogen-bond donors (Lipinski definition) is 2. The van der Waals surface area contributed by atoms with E-state index in [9.17, 15) is 9.59 Å². The van der Waals surface area contributed by atoms with Gasteiger partial charge in [0.05, 0.1) is 18.8 Å². The molecule has 1 atom stereocenters. The number of carbonyl (C=O) groups is 2. The number of anilines is 2. The van der Waals surface area contributed by atoms with Crippen LogP contribution in [0.2, 0.25) is 10.0 Å². The van der Waals surface area contributed by atoms with E-state index in [2.05, 4.69) is 37.8 Å². The van der Waals surface area contributed by atoms with Crippen LogP contribution in [0.3, 0.4) is 0 Å². The van der Waals surface area contributed by atoms with E-state index in [-0.39, 0.29) is 24.1 Å². The molecule has 2 amide bonds. The highest BCUT2D eigenvalue weighted by Gasteiger charge is 2.35. The van der Waals surface area contributed by atoms with Gasteiger partial charge in [0.15, 0.2) is 11.5 Å². The highest BCUT2D eigenvalue weighted by molar-refractivity contribution is 6.33. The Kier molecular flexibility index (Phi) is 10.4. The number of rotatable bonds is 9. The van der Waals surface area contributed by atoms with Crippen molar-refractivity contribution in [3.63, 3.8) is 0 Å². The van der Waals surface area contributed by atoms with Crippen molar-refractivity contribution in [2.45, 2.75) is 52.3 Å². The van der Waals surface area contributed by atoms with E-state index in [1.54, 1.807) is 52.1 Å². The molecule has 0 spiro atoms. The van der Waals surface area contributed by atoms with Crippen molar-refractivity contribution in [2.24, 2.45) is 16.8 Å². The fraction of sp³-hybridized carbons (Fsp3) is 0.424. The first-order valence-electron chi connectivity index (χ1n) is 15.4. The van der Waals surface area contributed by atoms with Crippen LogP contribution in [0.25, 0.3) is 0 Å². The van der Waals surface area contributed by atoms with Gasteiger partial charge in [-0.2, -0.15) is 5.10 Å². The van der Waals surface area contributed by atoms with E-state index in [0.717, 1.165) is 30.9 Å². The number of fused-ring (bicyclic) bond motifs is 1. The maximum absolute atomic E-state index is 13.2. The molecular weight excluding hydrogens is 643 g/mol. The minimum absolute atomic E-state index is 0.00930. The summed E-state index contributed by atoms with van der Waals surface area (Å²) in [6.07, 6.45) is -0.0134. The summed E-state index contributed by atoms with van der Waals surface area (Å²) in [4.78, 5) is 32.1. The fourth-order valence-corrected chi connectivity index (χ4v) is 6.13. The first-order valence-corrected chi connectivity index (χ1v) is 16.1. The maximum Gasteiger partial charge on any atom is 0.416 e. The Hall–Kier alpha value is -4.13. The van der Waals surface area contributed by atoms with Crippen molar-refractivity contribution in [3.05, 3.63) is 75.4 Å². The van der Waals surface area contributed by atoms with Crippen molar-refractivity contribution in [1.29, 1.82) is 0 Å². The Balaban J connectivity index is 1.27. The number of aromatic nitrogens is 2. The van der Waals surface area contributed by atoms with Crippen molar-refractivity contribution in [2.75, 3.05) is 43.1 Å². The van der Waals surface area contributed by atoms with Gasteiger partial charge in [0.25, 0.3) is 5.91 Å². The Bertz CT molecular complexity index is 1640. The summed E-state index contributed by atoms with van der Waals surface area (Å²) in [5.74, 6) is 1.17. The molecule has 5 rings (SSSR count). The van der Waals surface area contributed by atoms with Gasteiger partial charge in [-0.05, 0) is 81.1 Å². The van der Waals surface area contributed by atoms with Crippen LogP contribution in [-0.2, 0) is 11.3 Å². The number of benzene rings is 2. The Morgan fingerprint density at radius 3 is 2.49 bits per heavy atom. The van der Waals surface area contributed by atoms with E-state index in [1.165, 1.54) is 10.5 Å². The van der Waals surface area contributed by atoms with Crippen molar-refractivity contribution in [3.8, 4) is 5.75 Å². The summed E-state index contributed by atoms with van der Waals surface area (Å²) in [5.41, 5.74) is 10.5. The molecule has 0 aliphatic carbocycles. The summed E-state index contributed by atoms with van der Waals surface area (Å²) in [6.45, 7) is 10.6. The van der Waals surface area contributed by atoms with E-state index >= 15 is 0 Å². The molecule has 1 fully saturated rings. The minimum atomic E-state index is -0.713. The van der Waals surface area contributed by atoms with Crippen molar-refractivity contribution in [1.82, 2.24) is 20.5 Å². The largest absolute Gasteiger partial charge is 0.497 e. The molecule has 250 valence electrons. The lowest BCUT2D eigenvalue weighted by Gasteiger charge is -2.40. The second-order valence-electron chi connectivity index (χ2n) is 12.8. The number of ether oxygens (including phenoxy) is 2. The van der Waals surface area contributed by atoms with Crippen LogP contribution >= 0.6 is 23.2 Å². The molecule has 1 aromatic heterocycles. The fourth-order valence-electron chi connectivity index (χ4n) is 5.67. The zero-order valence-electron chi connectivity index (χ0n) is 27.2. The van der Waals surface area contributed by atoms with Crippen LogP contribution < -0.4 is 25.7 Å². The molecule has 1 unspecified atom stereocenters. The first-order chi connectivity index (χ1) is 22.3. The lowest BCUT2D eigenvalue weighted by molar-refractivity contribution is 0.0578. The number of nitrogens with one attached hydrogen (secondary N) is 1. The predicted molar refractivity (Wildman–Crippen MR) is 183 cm³/mol. The van der Waals surface area contributed by atoms with Crippen LogP contribution in [0.1, 0.15) is 61.8 Å². The lowest BCUT2D eigenvalue weighted by atomic mass is 9.95. The molecule has 1 saturated heterocycles. The summed E-state index contributed by atoms with van der Waals surface area (Å²) in [5, 5.41) is 13.7. The number of nitrogens with zero attached hydrogens (tertiary/aromatic N) is 6. The number of hydrogen-bond acceptors (Lipinski definition) is 9. The number of carbonyl (C=O) groups excluding carboxylic acids is 2. The smallest absolute Gasteiger partial charge is 0.416 e. The van der Waals surface area contributed by atoms with Crippen LogP contribution in [0, 0.1) is 5.92 Å². The number of hydrazone groups is 1. The van der Waals surface area contributed by atoms with Gasteiger partial charge < -0.3 is 20.1 Å². The van der Waals surface area contributed by atoms with Gasteiger partial charge in [-0.25, -0.2) is 10.2 Å². The highest BCUT2D eigenvalue weighted by Crippen LogP contribution is 2.39. The van der Waals surface area contributed by atoms with Crippen LogP contribution in [-0.4, -0.2) is 71.8 Å². The molecule has 2 aliphatic heterocycles. The molecule has 3 heterocycles. The predicted octanol–water partition coefficient (Wildman–Crippen LogP) is 5.64. The third-order valence-corrected chi connectivity index (χ3v) is 8.58. The van der Waals surface area contributed by atoms with Crippen molar-refractivity contribution >= 4 is 52.5 Å². The maximum atomic E-state index is 13.2.